The number of anilines is 1. The number of hydrogen-bond acceptors (Lipinski definition) is 6. The van der Waals surface area contributed by atoms with Gasteiger partial charge in [0.1, 0.15) is 16.2 Å². The first-order chi connectivity index (χ1) is 14.0. The molecule has 164 valence electrons. The van der Waals surface area contributed by atoms with E-state index in [1.54, 1.807) is 52.0 Å². The minimum absolute atomic E-state index is 0.00428. The third kappa shape index (κ3) is 7.35. The Bertz CT molecular complexity index is 979. The minimum atomic E-state index is -4.07. The second kappa shape index (κ2) is 9.95. The van der Waals surface area contributed by atoms with E-state index in [2.05, 4.69) is 5.32 Å². The Kier molecular flexibility index (Phi) is 7.86. The van der Waals surface area contributed by atoms with Crippen LogP contribution in [0.2, 0.25) is 0 Å². The van der Waals surface area contributed by atoms with Gasteiger partial charge in [-0.3, -0.25) is 9.50 Å². The average Bonchev–Trinajstić information content (AvgIpc) is 2.61. The number of phenols is 1. The molecule has 0 bridgehead atoms. The van der Waals surface area contributed by atoms with E-state index in [4.69, 9.17) is 8.92 Å². The fourth-order valence-electron chi connectivity index (χ4n) is 2.74. The van der Waals surface area contributed by atoms with Gasteiger partial charge in [0.2, 0.25) is 0 Å². The number of benzene rings is 2. The third-order valence-corrected chi connectivity index (χ3v) is 5.48. The van der Waals surface area contributed by atoms with Gasteiger partial charge in [0.25, 0.3) is 10.1 Å². The summed E-state index contributed by atoms with van der Waals surface area (Å²) < 4.78 is 35.7. The first-order valence-electron chi connectivity index (χ1n) is 9.75. The molecule has 30 heavy (non-hydrogen) atoms. The van der Waals surface area contributed by atoms with Gasteiger partial charge in [-0.05, 0) is 76.3 Å². The summed E-state index contributed by atoms with van der Waals surface area (Å²) in [5, 5.41) is 12.3. The molecule has 0 spiro atoms. The van der Waals surface area contributed by atoms with Crippen molar-refractivity contribution in [2.75, 3.05) is 11.9 Å². The monoisotopic (exact) mass is 435 g/mol. The maximum atomic E-state index is 12.7. The van der Waals surface area contributed by atoms with E-state index >= 15 is 0 Å². The second-order valence-corrected chi connectivity index (χ2v) is 9.57. The highest BCUT2D eigenvalue weighted by Crippen LogP contribution is 2.26. The van der Waals surface area contributed by atoms with Crippen LogP contribution in [0.3, 0.4) is 0 Å². The maximum absolute atomic E-state index is 12.7. The lowest BCUT2D eigenvalue weighted by atomic mass is 10.1. The van der Waals surface area contributed by atoms with Crippen molar-refractivity contribution < 1.29 is 27.2 Å². The van der Waals surface area contributed by atoms with Crippen LogP contribution in [0, 0.1) is 6.92 Å². The summed E-state index contributed by atoms with van der Waals surface area (Å²) in [6.07, 6.45) is 1.02. The summed E-state index contributed by atoms with van der Waals surface area (Å²) in [5.41, 5.74) is 0.986. The number of phenolic OH excluding ortho intramolecular Hbond substituents is 1. The van der Waals surface area contributed by atoms with E-state index < -0.39 is 21.8 Å². The van der Waals surface area contributed by atoms with Gasteiger partial charge in [-0.2, -0.15) is 8.42 Å². The van der Waals surface area contributed by atoms with E-state index in [1.165, 1.54) is 6.07 Å². The number of nitrogens with one attached hydrogen (secondary N) is 1. The van der Waals surface area contributed by atoms with Gasteiger partial charge in [0.05, 0.1) is 12.3 Å². The fraction of sp³-hybridized carbons (Fsp3) is 0.409. The molecule has 8 heteroatoms. The summed E-state index contributed by atoms with van der Waals surface area (Å²) in [6.45, 7) is 6.95. The molecule has 0 fully saturated rings. The van der Waals surface area contributed by atoms with Gasteiger partial charge >= 0.3 is 6.09 Å². The Hall–Kier alpha value is -2.58. The Labute approximate surface area is 178 Å². The van der Waals surface area contributed by atoms with E-state index in [9.17, 15) is 18.3 Å². The van der Waals surface area contributed by atoms with Crippen LogP contribution < -0.4 is 5.32 Å². The van der Waals surface area contributed by atoms with Crippen molar-refractivity contribution in [3.8, 4) is 5.75 Å². The molecule has 2 aromatic carbocycles. The molecular weight excluding hydrogens is 406 g/mol. The first kappa shape index (κ1) is 23.7. The standard InChI is InChI=1S/C22H29NO6S/c1-16-12-13-20(18(15-16)23-21(25)29-22(2,3)4)30(26,27)28-14-8-7-10-17-9-5-6-11-19(17)24/h5-6,9,11-13,15,24H,7-8,10,14H2,1-4H3,(H,23,25). The van der Waals surface area contributed by atoms with Gasteiger partial charge in [0, 0.05) is 0 Å². The highest BCUT2D eigenvalue weighted by Gasteiger charge is 2.23. The lowest BCUT2D eigenvalue weighted by Crippen LogP contribution is -2.27. The van der Waals surface area contributed by atoms with Crippen molar-refractivity contribution in [1.29, 1.82) is 0 Å². The van der Waals surface area contributed by atoms with Crippen LogP contribution in [-0.4, -0.2) is 31.8 Å². The number of aromatic hydroxyl groups is 1. The molecule has 0 radical (unpaired) electrons. The number of carbonyl (C=O) groups is 1. The summed E-state index contributed by atoms with van der Waals surface area (Å²) in [6, 6.07) is 11.6. The number of hydrogen-bond donors (Lipinski definition) is 2. The molecule has 0 saturated carbocycles. The van der Waals surface area contributed by atoms with Crippen molar-refractivity contribution in [2.45, 2.75) is 57.5 Å². The average molecular weight is 436 g/mol. The number of rotatable bonds is 8. The largest absolute Gasteiger partial charge is 0.508 e. The van der Waals surface area contributed by atoms with E-state index in [1.807, 2.05) is 12.1 Å². The zero-order valence-corrected chi connectivity index (χ0v) is 18.6. The SMILES string of the molecule is Cc1ccc(S(=O)(=O)OCCCCc2ccccc2O)c(NC(=O)OC(C)(C)C)c1. The fourth-order valence-corrected chi connectivity index (χ4v) is 3.82. The third-order valence-electron chi connectivity index (χ3n) is 4.11. The van der Waals surface area contributed by atoms with Crippen LogP contribution in [0.4, 0.5) is 10.5 Å². The highest BCUT2D eigenvalue weighted by atomic mass is 32.2. The highest BCUT2D eigenvalue weighted by molar-refractivity contribution is 7.87. The molecule has 0 unspecified atom stereocenters. The molecule has 0 aliphatic heterocycles. The van der Waals surface area contributed by atoms with E-state index in [0.29, 0.717) is 19.3 Å². The molecule has 1 amide bonds. The molecule has 0 saturated heterocycles. The molecule has 0 atom stereocenters. The van der Waals surface area contributed by atoms with E-state index in [0.717, 1.165) is 11.1 Å². The molecule has 2 N–H and O–H groups in total. The zero-order chi connectivity index (χ0) is 22.4. The smallest absolute Gasteiger partial charge is 0.412 e. The van der Waals surface area contributed by atoms with Crippen molar-refractivity contribution in [3.05, 3.63) is 53.6 Å². The maximum Gasteiger partial charge on any atom is 0.412 e. The molecule has 2 aromatic rings. The minimum Gasteiger partial charge on any atom is -0.508 e. The summed E-state index contributed by atoms with van der Waals surface area (Å²) in [4.78, 5) is 12.0. The van der Waals surface area contributed by atoms with Gasteiger partial charge in [-0.1, -0.05) is 24.3 Å². The van der Waals surface area contributed by atoms with Crippen LogP contribution in [0.15, 0.2) is 47.4 Å². The molecule has 0 heterocycles. The molecule has 7 nitrogen and oxygen atoms in total. The predicted molar refractivity (Wildman–Crippen MR) is 115 cm³/mol. The molecule has 0 aliphatic carbocycles. The topological polar surface area (TPSA) is 102 Å². The van der Waals surface area contributed by atoms with Crippen LogP contribution in [0.25, 0.3) is 0 Å². The van der Waals surface area contributed by atoms with Gasteiger partial charge in [-0.25, -0.2) is 4.79 Å². The number of amides is 1. The lowest BCUT2D eigenvalue weighted by molar-refractivity contribution is 0.0635. The molecular formula is C22H29NO6S. The Morgan fingerprint density at radius 1 is 1.10 bits per heavy atom. The van der Waals surface area contributed by atoms with Crippen LogP contribution in [0.5, 0.6) is 5.75 Å². The van der Waals surface area contributed by atoms with Gasteiger partial charge in [0.15, 0.2) is 0 Å². The van der Waals surface area contributed by atoms with Crippen LogP contribution in [0.1, 0.15) is 44.7 Å². The van der Waals surface area contributed by atoms with Gasteiger partial charge < -0.3 is 9.84 Å². The summed E-state index contributed by atoms with van der Waals surface area (Å²) >= 11 is 0. The predicted octanol–water partition coefficient (Wildman–Crippen LogP) is 4.78. The quantitative estimate of drug-likeness (QED) is 0.457. The van der Waals surface area contributed by atoms with Crippen molar-refractivity contribution >= 4 is 21.9 Å². The lowest BCUT2D eigenvalue weighted by Gasteiger charge is -2.20. The number of aryl methyl sites for hydroxylation is 2. The number of ether oxygens (including phenoxy) is 1. The molecule has 2 rings (SSSR count). The Morgan fingerprint density at radius 3 is 2.47 bits per heavy atom. The van der Waals surface area contributed by atoms with Crippen LogP contribution in [-0.2, 0) is 25.5 Å². The van der Waals surface area contributed by atoms with Crippen molar-refractivity contribution in [2.24, 2.45) is 0 Å². The number of para-hydroxylation sites is 1. The van der Waals surface area contributed by atoms with E-state index in [-0.39, 0.29) is 22.9 Å². The molecule has 0 aliphatic rings. The zero-order valence-electron chi connectivity index (χ0n) is 17.8. The normalized spacial score (nSPS) is 11.9. The van der Waals surface area contributed by atoms with Crippen molar-refractivity contribution in [1.82, 2.24) is 0 Å². The summed E-state index contributed by atoms with van der Waals surface area (Å²) in [5.74, 6) is 0.226. The number of unbranched alkanes of at least 4 members (excludes halogenated alkanes) is 1. The first-order valence-corrected chi connectivity index (χ1v) is 11.2. The Morgan fingerprint density at radius 2 is 1.80 bits per heavy atom. The van der Waals surface area contributed by atoms with Crippen molar-refractivity contribution in [3.63, 3.8) is 0 Å². The van der Waals surface area contributed by atoms with Gasteiger partial charge in [-0.15, -0.1) is 0 Å². The summed E-state index contributed by atoms with van der Waals surface area (Å²) in [7, 11) is -4.07. The Balaban J connectivity index is 1.99. The number of carbonyl (C=O) groups excluding carboxylic acids is 1. The van der Waals surface area contributed by atoms with Crippen LogP contribution >= 0.6 is 0 Å². The molecule has 0 aromatic heterocycles. The second-order valence-electron chi connectivity index (χ2n) is 7.99.